The highest BCUT2D eigenvalue weighted by atomic mass is 16.6. The van der Waals surface area contributed by atoms with Gasteiger partial charge in [-0.2, -0.15) is 10.5 Å². The molecule has 2 aliphatic carbocycles. The van der Waals surface area contributed by atoms with Crippen LogP contribution in [0.15, 0.2) is 12.1 Å². The summed E-state index contributed by atoms with van der Waals surface area (Å²) in [5.74, 6) is -0.414. The number of fused-ring (bicyclic) bond motifs is 5. The third kappa shape index (κ3) is 2.39. The molecular formula is C23H22N6O3. The third-order valence-electron chi connectivity index (χ3n) is 7.76. The lowest BCUT2D eigenvalue weighted by atomic mass is 9.63. The third-order valence-corrected chi connectivity index (χ3v) is 7.76. The van der Waals surface area contributed by atoms with Crippen molar-refractivity contribution in [3.05, 3.63) is 56.1 Å². The van der Waals surface area contributed by atoms with Crippen molar-refractivity contribution in [2.24, 2.45) is 5.41 Å². The zero-order valence-corrected chi connectivity index (χ0v) is 18.5. The first-order chi connectivity index (χ1) is 14.9. The van der Waals surface area contributed by atoms with Crippen LogP contribution in [0.5, 0.6) is 0 Å². The van der Waals surface area contributed by atoms with Gasteiger partial charge in [0.15, 0.2) is 11.4 Å². The normalized spacial score (nSPS) is 24.3. The predicted octanol–water partition coefficient (Wildman–Crippen LogP) is 3.71. The molecule has 0 spiro atoms. The summed E-state index contributed by atoms with van der Waals surface area (Å²) in [6, 6.07) is 7.03. The summed E-state index contributed by atoms with van der Waals surface area (Å²) in [7, 11) is 0. The number of benzene rings is 1. The molecule has 2 aromatic rings. The van der Waals surface area contributed by atoms with E-state index in [1.165, 1.54) is 6.07 Å². The van der Waals surface area contributed by atoms with E-state index in [9.17, 15) is 25.4 Å². The number of nitro benzene ring substituents is 1. The SMILES string of the molecule is Cc1cc(C)c(NC(=O)C23CCC(C)(c4nc(C#N)c(C#N)nc42)C3(C)C)c([N+](=O)[O-])c1. The average Bonchev–Trinajstić information content (AvgIpc) is 3.03. The Hall–Kier alpha value is -3.85. The second kappa shape index (κ2) is 6.57. The first-order valence-corrected chi connectivity index (χ1v) is 10.2. The number of nitrogens with one attached hydrogen (secondary N) is 1. The molecule has 2 unspecified atom stereocenters. The first kappa shape index (κ1) is 21.4. The Labute approximate surface area is 185 Å². The molecule has 2 aliphatic rings. The van der Waals surface area contributed by atoms with Crippen LogP contribution in [-0.4, -0.2) is 20.8 Å². The summed E-state index contributed by atoms with van der Waals surface area (Å²) in [6.45, 7) is 9.38. The van der Waals surface area contributed by atoms with Crippen LogP contribution in [0.4, 0.5) is 11.4 Å². The minimum Gasteiger partial charge on any atom is -0.319 e. The van der Waals surface area contributed by atoms with Gasteiger partial charge < -0.3 is 5.32 Å². The minimum absolute atomic E-state index is 0.0589. The molecule has 9 nitrogen and oxygen atoms in total. The van der Waals surface area contributed by atoms with Gasteiger partial charge in [0, 0.05) is 11.5 Å². The first-order valence-electron chi connectivity index (χ1n) is 10.2. The topological polar surface area (TPSA) is 146 Å². The molecule has 1 heterocycles. The van der Waals surface area contributed by atoms with Gasteiger partial charge in [0.1, 0.15) is 17.8 Å². The van der Waals surface area contributed by atoms with Gasteiger partial charge in [-0.1, -0.05) is 26.8 Å². The summed E-state index contributed by atoms with van der Waals surface area (Å²) < 4.78 is 0. The van der Waals surface area contributed by atoms with E-state index in [0.29, 0.717) is 29.8 Å². The number of aryl methyl sites for hydroxylation is 2. The number of hydrogen-bond donors (Lipinski definition) is 1. The van der Waals surface area contributed by atoms with Crippen LogP contribution in [0.2, 0.25) is 0 Å². The Bertz CT molecular complexity index is 1300. The van der Waals surface area contributed by atoms with E-state index >= 15 is 0 Å². The number of nitrogens with zero attached hydrogens (tertiary/aromatic N) is 5. The quantitative estimate of drug-likeness (QED) is 0.577. The fourth-order valence-corrected chi connectivity index (χ4v) is 5.61. The zero-order valence-electron chi connectivity index (χ0n) is 18.5. The van der Waals surface area contributed by atoms with Crippen molar-refractivity contribution in [1.29, 1.82) is 10.5 Å². The smallest absolute Gasteiger partial charge is 0.293 e. The number of anilines is 1. The summed E-state index contributed by atoms with van der Waals surface area (Å²) >= 11 is 0. The van der Waals surface area contributed by atoms with Crippen molar-refractivity contribution in [3.8, 4) is 12.1 Å². The second-order valence-corrected chi connectivity index (χ2v) is 9.39. The maximum Gasteiger partial charge on any atom is 0.293 e. The molecule has 0 radical (unpaired) electrons. The molecule has 9 heteroatoms. The van der Waals surface area contributed by atoms with E-state index in [1.54, 1.807) is 19.9 Å². The molecule has 4 rings (SSSR count). The van der Waals surface area contributed by atoms with Crippen molar-refractivity contribution >= 4 is 17.3 Å². The number of aromatic nitrogens is 2. The fourth-order valence-electron chi connectivity index (χ4n) is 5.61. The lowest BCUT2D eigenvalue weighted by molar-refractivity contribution is -0.384. The summed E-state index contributed by atoms with van der Waals surface area (Å²) in [5, 5.41) is 33.4. The van der Waals surface area contributed by atoms with Crippen LogP contribution < -0.4 is 5.32 Å². The fraction of sp³-hybridized carbons (Fsp3) is 0.435. The number of carbonyl (C=O) groups is 1. The molecule has 32 heavy (non-hydrogen) atoms. The van der Waals surface area contributed by atoms with Gasteiger partial charge in [-0.05, 0) is 43.2 Å². The highest BCUT2D eigenvalue weighted by Crippen LogP contribution is 2.70. The van der Waals surface area contributed by atoms with Gasteiger partial charge in [0.25, 0.3) is 5.69 Å². The van der Waals surface area contributed by atoms with Crippen molar-refractivity contribution in [3.63, 3.8) is 0 Å². The molecule has 0 saturated heterocycles. The molecule has 1 N–H and O–H groups in total. The molecule has 1 aromatic carbocycles. The van der Waals surface area contributed by atoms with Crippen LogP contribution in [0.25, 0.3) is 0 Å². The Morgan fingerprint density at radius 1 is 1.09 bits per heavy atom. The molecule has 0 aliphatic heterocycles. The molecular weight excluding hydrogens is 408 g/mol. The van der Waals surface area contributed by atoms with E-state index in [0.717, 1.165) is 5.56 Å². The Kier molecular flexibility index (Phi) is 4.39. The van der Waals surface area contributed by atoms with E-state index in [1.807, 2.05) is 32.9 Å². The lowest BCUT2D eigenvalue weighted by Gasteiger charge is -2.39. The Balaban J connectivity index is 1.93. The van der Waals surface area contributed by atoms with Crippen molar-refractivity contribution in [2.75, 3.05) is 5.32 Å². The number of nitro groups is 1. The molecule has 1 saturated carbocycles. The van der Waals surface area contributed by atoms with E-state index in [4.69, 9.17) is 0 Å². The van der Waals surface area contributed by atoms with E-state index in [2.05, 4.69) is 15.3 Å². The summed E-state index contributed by atoms with van der Waals surface area (Å²) in [5.41, 5.74) is -0.297. The Morgan fingerprint density at radius 3 is 2.25 bits per heavy atom. The molecule has 1 amide bonds. The molecule has 1 aromatic heterocycles. The van der Waals surface area contributed by atoms with Crippen molar-refractivity contribution < 1.29 is 9.72 Å². The molecule has 2 atom stereocenters. The van der Waals surface area contributed by atoms with Crippen LogP contribution in [-0.2, 0) is 15.6 Å². The van der Waals surface area contributed by atoms with E-state index in [-0.39, 0.29) is 22.8 Å². The van der Waals surface area contributed by atoms with Crippen LogP contribution >= 0.6 is 0 Å². The average molecular weight is 430 g/mol. The van der Waals surface area contributed by atoms with Crippen molar-refractivity contribution in [1.82, 2.24) is 9.97 Å². The molecule has 162 valence electrons. The largest absolute Gasteiger partial charge is 0.319 e. The number of rotatable bonds is 3. The zero-order chi connectivity index (χ0) is 23.6. The monoisotopic (exact) mass is 430 g/mol. The van der Waals surface area contributed by atoms with Gasteiger partial charge in [-0.15, -0.1) is 0 Å². The van der Waals surface area contributed by atoms with E-state index < -0.39 is 27.1 Å². The summed E-state index contributed by atoms with van der Waals surface area (Å²) in [6.07, 6.45) is 1.10. The lowest BCUT2D eigenvalue weighted by Crippen LogP contribution is -2.48. The van der Waals surface area contributed by atoms with Crippen LogP contribution in [0.1, 0.15) is 67.5 Å². The number of carbonyl (C=O) groups excluding carboxylic acids is 1. The predicted molar refractivity (Wildman–Crippen MR) is 115 cm³/mol. The maximum atomic E-state index is 13.9. The highest BCUT2D eigenvalue weighted by Gasteiger charge is 2.73. The number of nitriles is 2. The van der Waals surface area contributed by atoms with Crippen LogP contribution in [0.3, 0.4) is 0 Å². The van der Waals surface area contributed by atoms with Gasteiger partial charge >= 0.3 is 0 Å². The van der Waals surface area contributed by atoms with Gasteiger partial charge in [0.2, 0.25) is 5.91 Å². The second-order valence-electron chi connectivity index (χ2n) is 9.39. The van der Waals surface area contributed by atoms with Crippen LogP contribution in [0, 0.1) is 52.0 Å². The van der Waals surface area contributed by atoms with Crippen molar-refractivity contribution in [2.45, 2.75) is 58.3 Å². The minimum atomic E-state index is -1.14. The Morgan fingerprint density at radius 2 is 1.69 bits per heavy atom. The van der Waals surface area contributed by atoms with Gasteiger partial charge in [-0.25, -0.2) is 9.97 Å². The molecule has 2 bridgehead atoms. The number of hydrogen-bond acceptors (Lipinski definition) is 7. The van der Waals surface area contributed by atoms with Gasteiger partial charge in [0.05, 0.1) is 21.7 Å². The maximum absolute atomic E-state index is 13.9. The highest BCUT2D eigenvalue weighted by molar-refractivity contribution is 6.03. The van der Waals surface area contributed by atoms with Gasteiger partial charge in [-0.3, -0.25) is 14.9 Å². The standard InChI is InChI=1S/C23H22N6O3/c1-12-8-13(2)17(16(9-12)29(31)32)28-20(30)23-7-6-22(5,21(23,3)4)18-19(23)27-15(11-25)14(10-24)26-18/h8-9H,6-7H2,1-5H3,(H,28,30). The number of amides is 1. The molecule has 1 fully saturated rings. The summed E-state index contributed by atoms with van der Waals surface area (Å²) in [4.78, 5) is 34.0.